The van der Waals surface area contributed by atoms with Crippen molar-refractivity contribution in [1.82, 2.24) is 0 Å². The molecule has 0 saturated heterocycles. The molecule has 0 radical (unpaired) electrons. The third-order valence-corrected chi connectivity index (χ3v) is 7.74. The molecule has 0 aliphatic heterocycles. The Morgan fingerprint density at radius 2 is 1.20 bits per heavy atom. The molecule has 2 rings (SSSR count). The molecular weight excluding hydrogens is 330 g/mol. The number of benzene rings is 2. The smallest absolute Gasteiger partial charge is 0.377 e. The van der Waals surface area contributed by atoms with E-state index in [2.05, 4.69) is 38.1 Å². The van der Waals surface area contributed by atoms with Gasteiger partial charge in [0, 0.05) is 27.4 Å². The van der Waals surface area contributed by atoms with Crippen LogP contribution in [0.25, 0.3) is 0 Å². The molecule has 0 bridgehead atoms. The molecule has 25 heavy (non-hydrogen) atoms. The van der Waals surface area contributed by atoms with E-state index in [-0.39, 0.29) is 0 Å². The Morgan fingerprint density at radius 1 is 0.800 bits per heavy atom. The number of nitrogens with two attached hydrogens (primary N) is 1. The highest BCUT2D eigenvalue weighted by Crippen LogP contribution is 2.37. The van der Waals surface area contributed by atoms with Crippen LogP contribution in [0.15, 0.2) is 48.5 Å². The van der Waals surface area contributed by atoms with E-state index in [1.807, 2.05) is 24.3 Å². The quantitative estimate of drug-likeness (QED) is 0.729. The molecule has 136 valence electrons. The van der Waals surface area contributed by atoms with Crippen LogP contribution in [0, 0.1) is 13.8 Å². The van der Waals surface area contributed by atoms with Crippen molar-refractivity contribution in [3.05, 3.63) is 70.8 Å². The summed E-state index contributed by atoms with van der Waals surface area (Å²) in [5.41, 5.74) is 11.0. The summed E-state index contributed by atoms with van der Waals surface area (Å²) >= 11 is 0. The molecule has 2 aromatic rings. The van der Waals surface area contributed by atoms with Crippen LogP contribution in [0.1, 0.15) is 28.7 Å². The predicted molar refractivity (Wildman–Crippen MR) is 104 cm³/mol. The Balaban J connectivity index is 2.51. The minimum Gasteiger partial charge on any atom is -0.377 e. The first-order valence-corrected chi connectivity index (χ1v) is 10.4. The van der Waals surface area contributed by atoms with Gasteiger partial charge in [-0.1, -0.05) is 48.5 Å². The van der Waals surface area contributed by atoms with E-state index >= 15 is 0 Å². The Morgan fingerprint density at radius 3 is 1.56 bits per heavy atom. The van der Waals surface area contributed by atoms with Crippen molar-refractivity contribution in [2.75, 3.05) is 21.3 Å². The van der Waals surface area contributed by atoms with Crippen LogP contribution in [-0.2, 0) is 18.8 Å². The summed E-state index contributed by atoms with van der Waals surface area (Å²) in [7, 11) is 2.21. The first kappa shape index (κ1) is 19.8. The molecule has 2 N–H and O–H groups in total. The summed E-state index contributed by atoms with van der Waals surface area (Å²) in [5.74, 6) is 0. The van der Waals surface area contributed by atoms with Gasteiger partial charge in [-0.3, -0.25) is 0 Å². The van der Waals surface area contributed by atoms with E-state index in [4.69, 9.17) is 19.0 Å². The molecule has 0 saturated carbocycles. The molecule has 2 aromatic carbocycles. The maximum atomic E-state index is 7.07. The second-order valence-corrected chi connectivity index (χ2v) is 9.49. The molecule has 0 amide bonds. The topological polar surface area (TPSA) is 53.7 Å². The normalized spacial score (nSPS) is 12.4. The van der Waals surface area contributed by atoms with Crippen LogP contribution in [0.5, 0.6) is 0 Å². The van der Waals surface area contributed by atoms with Gasteiger partial charge in [-0.2, -0.15) is 0 Å². The van der Waals surface area contributed by atoms with Crippen LogP contribution in [-0.4, -0.2) is 30.1 Å². The fourth-order valence-corrected chi connectivity index (χ4v) is 5.28. The number of aryl methyl sites for hydroxylation is 2. The second-order valence-electron chi connectivity index (χ2n) is 6.40. The van der Waals surface area contributed by atoms with Gasteiger partial charge in [0.1, 0.15) is 0 Å². The number of rotatable bonds is 8. The number of hydrogen-bond acceptors (Lipinski definition) is 4. The van der Waals surface area contributed by atoms with E-state index in [1.54, 1.807) is 21.3 Å². The minimum absolute atomic E-state index is 0.634. The molecule has 0 aliphatic rings. The van der Waals surface area contributed by atoms with Crippen molar-refractivity contribution in [1.29, 1.82) is 0 Å². The van der Waals surface area contributed by atoms with Crippen molar-refractivity contribution < 1.29 is 13.3 Å². The van der Waals surface area contributed by atoms with Crippen molar-refractivity contribution >= 4 is 8.80 Å². The summed E-state index contributed by atoms with van der Waals surface area (Å²) < 4.78 is 16.8. The first-order valence-electron chi connectivity index (χ1n) is 8.49. The van der Waals surface area contributed by atoms with Crippen LogP contribution in [0.4, 0.5) is 0 Å². The summed E-state index contributed by atoms with van der Waals surface area (Å²) in [5, 5.41) is 0. The van der Waals surface area contributed by atoms with E-state index < -0.39 is 14.3 Å². The molecule has 0 unspecified atom stereocenters. The van der Waals surface area contributed by atoms with Crippen LogP contribution < -0.4 is 5.73 Å². The van der Waals surface area contributed by atoms with Crippen LogP contribution in [0.2, 0.25) is 6.04 Å². The van der Waals surface area contributed by atoms with Gasteiger partial charge in [-0.15, -0.1) is 0 Å². The van der Waals surface area contributed by atoms with E-state index in [9.17, 15) is 0 Å². The molecule has 0 spiro atoms. The Labute approximate surface area is 152 Å². The molecule has 5 heteroatoms. The zero-order valence-electron chi connectivity index (χ0n) is 15.8. The average molecular weight is 360 g/mol. The average Bonchev–Trinajstić information content (AvgIpc) is 2.64. The first-order chi connectivity index (χ1) is 11.9. The SMILES string of the molecule is CO[Si](CCC(N)(c1ccccc1C)c1ccccc1C)(OC)OC. The van der Waals surface area contributed by atoms with Gasteiger partial charge in [0.2, 0.25) is 0 Å². The van der Waals surface area contributed by atoms with Gasteiger partial charge >= 0.3 is 8.80 Å². The van der Waals surface area contributed by atoms with Gasteiger partial charge in [-0.05, 0) is 42.5 Å². The summed E-state index contributed by atoms with van der Waals surface area (Å²) in [6.45, 7) is 4.20. The zero-order chi connectivity index (χ0) is 18.5. The lowest BCUT2D eigenvalue weighted by Gasteiger charge is -2.36. The standard InChI is InChI=1S/C20H29NO3Si/c1-16-10-6-8-12-18(16)20(21,19-13-9-7-11-17(19)2)14-15-25(22-3,23-4)24-5/h6-13H,14-15,21H2,1-5H3. The highest BCUT2D eigenvalue weighted by atomic mass is 28.4. The Bertz CT molecular complexity index is 647. The maximum absolute atomic E-state index is 7.07. The molecule has 0 atom stereocenters. The summed E-state index contributed by atoms with van der Waals surface area (Å²) in [6, 6.07) is 17.2. The number of hydrogen-bond donors (Lipinski definition) is 1. The molecule has 0 fully saturated rings. The highest BCUT2D eigenvalue weighted by molar-refractivity contribution is 6.60. The fourth-order valence-electron chi connectivity index (χ4n) is 3.47. The third kappa shape index (κ3) is 4.02. The van der Waals surface area contributed by atoms with Crippen molar-refractivity contribution in [3.8, 4) is 0 Å². The lowest BCUT2D eigenvalue weighted by molar-refractivity contribution is 0.121. The Kier molecular flexibility index (Phi) is 6.54. The van der Waals surface area contributed by atoms with E-state index in [0.717, 1.165) is 11.1 Å². The van der Waals surface area contributed by atoms with Gasteiger partial charge < -0.3 is 19.0 Å². The largest absolute Gasteiger partial charge is 0.500 e. The highest BCUT2D eigenvalue weighted by Gasteiger charge is 2.42. The van der Waals surface area contributed by atoms with E-state index in [0.29, 0.717) is 12.5 Å². The molecule has 4 nitrogen and oxygen atoms in total. The maximum Gasteiger partial charge on any atom is 0.500 e. The van der Waals surface area contributed by atoms with Crippen LogP contribution >= 0.6 is 0 Å². The lowest BCUT2D eigenvalue weighted by atomic mass is 9.78. The van der Waals surface area contributed by atoms with Crippen molar-refractivity contribution in [3.63, 3.8) is 0 Å². The molecule has 0 aromatic heterocycles. The summed E-state index contributed by atoms with van der Waals surface area (Å²) in [6.07, 6.45) is 0.671. The molecular formula is C20H29NO3Si. The fraction of sp³-hybridized carbons (Fsp3) is 0.400. The van der Waals surface area contributed by atoms with Gasteiger partial charge in [0.15, 0.2) is 0 Å². The van der Waals surface area contributed by atoms with Gasteiger partial charge in [0.05, 0.1) is 5.54 Å². The Hall–Kier alpha value is -1.50. The minimum atomic E-state index is -2.71. The second kappa shape index (κ2) is 8.25. The van der Waals surface area contributed by atoms with E-state index in [1.165, 1.54) is 11.1 Å². The van der Waals surface area contributed by atoms with Crippen molar-refractivity contribution in [2.24, 2.45) is 5.73 Å². The van der Waals surface area contributed by atoms with Gasteiger partial charge in [0.25, 0.3) is 0 Å². The van der Waals surface area contributed by atoms with Gasteiger partial charge in [-0.25, -0.2) is 0 Å². The molecule has 0 heterocycles. The van der Waals surface area contributed by atoms with Crippen molar-refractivity contribution in [2.45, 2.75) is 31.9 Å². The monoisotopic (exact) mass is 359 g/mol. The summed E-state index contributed by atoms with van der Waals surface area (Å²) in [4.78, 5) is 0. The third-order valence-electron chi connectivity index (χ3n) is 5.01. The zero-order valence-corrected chi connectivity index (χ0v) is 16.8. The predicted octanol–water partition coefficient (Wildman–Crippen LogP) is 3.77. The lowest BCUT2D eigenvalue weighted by Crippen LogP contribution is -2.47. The van der Waals surface area contributed by atoms with Crippen LogP contribution in [0.3, 0.4) is 0 Å². The molecule has 0 aliphatic carbocycles.